The number of carbonyl (C=O) groups excluding carboxylic acids is 1. The molecule has 1 aliphatic carbocycles. The molecule has 0 spiro atoms. The van der Waals surface area contributed by atoms with E-state index in [9.17, 15) is 4.79 Å². The Morgan fingerprint density at radius 2 is 2.19 bits per heavy atom. The number of hydrogen-bond donors (Lipinski definition) is 1. The fourth-order valence-electron chi connectivity index (χ4n) is 2.57. The third-order valence-electron chi connectivity index (χ3n) is 3.76. The highest BCUT2D eigenvalue weighted by atomic mass is 16.3. The normalized spacial score (nSPS) is 26.8. The fraction of sp³-hybridized carbons (Fsp3) is 0.923. The average molecular weight is 227 g/mol. The Morgan fingerprint density at radius 1 is 1.50 bits per heavy atom. The first-order valence-electron chi connectivity index (χ1n) is 6.36. The molecular weight excluding hydrogens is 202 g/mol. The van der Waals surface area contributed by atoms with Crippen LogP contribution in [-0.4, -0.2) is 42.5 Å². The average Bonchev–Trinajstić information content (AvgIpc) is 2.21. The maximum atomic E-state index is 11.8. The monoisotopic (exact) mass is 227 g/mol. The lowest BCUT2D eigenvalue weighted by molar-refractivity contribution is -0.126. The molecule has 1 saturated carbocycles. The van der Waals surface area contributed by atoms with E-state index in [1.807, 2.05) is 7.05 Å². The van der Waals surface area contributed by atoms with Gasteiger partial charge in [-0.25, -0.2) is 0 Å². The van der Waals surface area contributed by atoms with Crippen molar-refractivity contribution in [1.82, 2.24) is 4.90 Å². The number of carbonyl (C=O) groups is 1. The van der Waals surface area contributed by atoms with Gasteiger partial charge in [-0.1, -0.05) is 13.8 Å². The molecule has 0 aromatic heterocycles. The number of rotatable bonds is 5. The maximum Gasteiger partial charge on any atom is 0.137 e. The first kappa shape index (κ1) is 13.7. The second-order valence-corrected chi connectivity index (χ2v) is 5.43. The molecular formula is C13H25NO2. The summed E-state index contributed by atoms with van der Waals surface area (Å²) in [4.78, 5) is 13.9. The molecule has 1 rings (SSSR count). The van der Waals surface area contributed by atoms with E-state index < -0.39 is 0 Å². The topological polar surface area (TPSA) is 40.5 Å². The lowest BCUT2D eigenvalue weighted by Gasteiger charge is -2.32. The molecule has 0 saturated heterocycles. The molecule has 0 aliphatic heterocycles. The minimum Gasteiger partial charge on any atom is -0.395 e. The summed E-state index contributed by atoms with van der Waals surface area (Å²) < 4.78 is 0. The summed E-state index contributed by atoms with van der Waals surface area (Å²) in [5.41, 5.74) is 0. The van der Waals surface area contributed by atoms with E-state index in [1.54, 1.807) is 0 Å². The molecule has 0 heterocycles. The summed E-state index contributed by atoms with van der Waals surface area (Å²) >= 11 is 0. The van der Waals surface area contributed by atoms with Gasteiger partial charge in [0.25, 0.3) is 0 Å². The maximum absolute atomic E-state index is 11.8. The van der Waals surface area contributed by atoms with E-state index in [1.165, 1.54) is 0 Å². The Kier molecular flexibility index (Phi) is 5.42. The zero-order chi connectivity index (χ0) is 12.1. The van der Waals surface area contributed by atoms with Crippen LogP contribution in [-0.2, 0) is 4.79 Å². The summed E-state index contributed by atoms with van der Waals surface area (Å²) in [5, 5.41) is 8.85. The van der Waals surface area contributed by atoms with Crippen molar-refractivity contribution in [2.24, 2.45) is 17.8 Å². The third kappa shape index (κ3) is 3.87. The van der Waals surface area contributed by atoms with Crippen LogP contribution in [0.1, 0.15) is 33.1 Å². The van der Waals surface area contributed by atoms with Gasteiger partial charge in [0, 0.05) is 25.4 Å². The summed E-state index contributed by atoms with van der Waals surface area (Å²) in [5.74, 6) is 1.99. The Bertz CT molecular complexity index is 228. The van der Waals surface area contributed by atoms with Crippen molar-refractivity contribution in [1.29, 1.82) is 0 Å². The number of hydrogen-bond acceptors (Lipinski definition) is 3. The molecule has 1 fully saturated rings. The van der Waals surface area contributed by atoms with Crippen molar-refractivity contribution in [3.63, 3.8) is 0 Å². The zero-order valence-electron chi connectivity index (χ0n) is 10.8. The summed E-state index contributed by atoms with van der Waals surface area (Å²) in [6.45, 7) is 6.13. The molecule has 16 heavy (non-hydrogen) atoms. The van der Waals surface area contributed by atoms with Crippen LogP contribution >= 0.6 is 0 Å². The predicted octanol–water partition coefficient (Wildman–Crippen LogP) is 1.55. The highest BCUT2D eigenvalue weighted by Crippen LogP contribution is 2.31. The van der Waals surface area contributed by atoms with Gasteiger partial charge in [-0.05, 0) is 31.7 Å². The van der Waals surface area contributed by atoms with E-state index in [4.69, 9.17) is 5.11 Å². The smallest absolute Gasteiger partial charge is 0.137 e. The molecule has 2 unspecified atom stereocenters. The summed E-state index contributed by atoms with van der Waals surface area (Å²) in [6.07, 6.45) is 2.85. The Balaban J connectivity index is 2.46. The largest absolute Gasteiger partial charge is 0.395 e. The standard InChI is InChI=1S/C13H25NO2/c1-10(2)11-4-5-13(16)12(8-11)9-14(3)6-7-15/h10-12,15H,4-9H2,1-3H3. The van der Waals surface area contributed by atoms with Gasteiger partial charge >= 0.3 is 0 Å². The molecule has 0 radical (unpaired) electrons. The number of likely N-dealkylation sites (N-methyl/N-ethyl adjacent to an activating group) is 1. The van der Waals surface area contributed by atoms with Crippen molar-refractivity contribution in [3.05, 3.63) is 0 Å². The highest BCUT2D eigenvalue weighted by molar-refractivity contribution is 5.81. The van der Waals surface area contributed by atoms with Crippen LogP contribution in [0.4, 0.5) is 0 Å². The number of Topliss-reactive ketones (excluding diaryl/α,β-unsaturated/α-hetero) is 1. The zero-order valence-corrected chi connectivity index (χ0v) is 10.8. The van der Waals surface area contributed by atoms with Crippen LogP contribution in [0, 0.1) is 17.8 Å². The van der Waals surface area contributed by atoms with Gasteiger partial charge in [-0.2, -0.15) is 0 Å². The van der Waals surface area contributed by atoms with Crippen molar-refractivity contribution in [3.8, 4) is 0 Å². The quantitative estimate of drug-likeness (QED) is 0.774. The predicted molar refractivity (Wildman–Crippen MR) is 65.3 cm³/mol. The molecule has 94 valence electrons. The van der Waals surface area contributed by atoms with Crippen LogP contribution in [0.25, 0.3) is 0 Å². The van der Waals surface area contributed by atoms with Gasteiger partial charge in [-0.3, -0.25) is 4.79 Å². The van der Waals surface area contributed by atoms with Gasteiger partial charge in [0.1, 0.15) is 5.78 Å². The van der Waals surface area contributed by atoms with E-state index in [0.29, 0.717) is 24.2 Å². The van der Waals surface area contributed by atoms with Crippen molar-refractivity contribution in [2.45, 2.75) is 33.1 Å². The van der Waals surface area contributed by atoms with Crippen molar-refractivity contribution in [2.75, 3.05) is 26.7 Å². The lowest BCUT2D eigenvalue weighted by Crippen LogP contribution is -2.36. The summed E-state index contributed by atoms with van der Waals surface area (Å²) in [7, 11) is 1.97. The molecule has 0 bridgehead atoms. The molecule has 3 heteroatoms. The molecule has 1 aliphatic rings. The Hall–Kier alpha value is -0.410. The number of aliphatic hydroxyl groups is 1. The third-order valence-corrected chi connectivity index (χ3v) is 3.76. The minimum atomic E-state index is 0.172. The lowest BCUT2D eigenvalue weighted by atomic mass is 9.75. The first-order valence-corrected chi connectivity index (χ1v) is 6.36. The SMILES string of the molecule is CC(C)C1CCC(=O)C(CN(C)CCO)C1. The fourth-order valence-corrected chi connectivity index (χ4v) is 2.57. The molecule has 0 aromatic rings. The van der Waals surface area contributed by atoms with E-state index in [2.05, 4.69) is 18.7 Å². The van der Waals surface area contributed by atoms with E-state index in [0.717, 1.165) is 25.8 Å². The van der Waals surface area contributed by atoms with Gasteiger partial charge < -0.3 is 10.0 Å². The van der Waals surface area contributed by atoms with Crippen LogP contribution in [0.2, 0.25) is 0 Å². The van der Waals surface area contributed by atoms with Crippen molar-refractivity contribution < 1.29 is 9.90 Å². The van der Waals surface area contributed by atoms with Gasteiger partial charge in [0.15, 0.2) is 0 Å². The van der Waals surface area contributed by atoms with Crippen LogP contribution in [0.5, 0.6) is 0 Å². The Labute approximate surface area is 98.8 Å². The van der Waals surface area contributed by atoms with E-state index >= 15 is 0 Å². The van der Waals surface area contributed by atoms with Crippen LogP contribution in [0.3, 0.4) is 0 Å². The molecule has 0 amide bonds. The van der Waals surface area contributed by atoms with Gasteiger partial charge in [0.05, 0.1) is 6.61 Å². The molecule has 2 atom stereocenters. The number of nitrogens with zero attached hydrogens (tertiary/aromatic N) is 1. The highest BCUT2D eigenvalue weighted by Gasteiger charge is 2.30. The van der Waals surface area contributed by atoms with Crippen LogP contribution in [0.15, 0.2) is 0 Å². The number of aliphatic hydroxyl groups excluding tert-OH is 1. The van der Waals surface area contributed by atoms with Gasteiger partial charge in [0.2, 0.25) is 0 Å². The molecule has 3 nitrogen and oxygen atoms in total. The van der Waals surface area contributed by atoms with E-state index in [-0.39, 0.29) is 12.5 Å². The molecule has 1 N–H and O–H groups in total. The molecule has 0 aromatic carbocycles. The summed E-state index contributed by atoms with van der Waals surface area (Å²) in [6, 6.07) is 0. The second-order valence-electron chi connectivity index (χ2n) is 5.43. The van der Waals surface area contributed by atoms with Crippen molar-refractivity contribution >= 4 is 5.78 Å². The first-order chi connectivity index (χ1) is 7.54. The number of ketones is 1. The van der Waals surface area contributed by atoms with Crippen LogP contribution < -0.4 is 0 Å². The minimum absolute atomic E-state index is 0.172. The van der Waals surface area contributed by atoms with Gasteiger partial charge in [-0.15, -0.1) is 0 Å². The Morgan fingerprint density at radius 3 is 2.75 bits per heavy atom. The second kappa shape index (κ2) is 6.36.